The Hall–Kier alpha value is -2.20. The molecule has 1 aromatic carbocycles. The summed E-state index contributed by atoms with van der Waals surface area (Å²) in [5.74, 6) is -0.735. The Bertz CT molecular complexity index is 486. The van der Waals surface area contributed by atoms with Crippen LogP contribution in [0.3, 0.4) is 0 Å². The molecule has 1 aromatic heterocycles. The van der Waals surface area contributed by atoms with Crippen molar-refractivity contribution in [1.29, 1.82) is 0 Å². The van der Waals surface area contributed by atoms with E-state index in [1.807, 2.05) is 6.07 Å². The lowest BCUT2D eigenvalue weighted by Crippen LogP contribution is -2.38. The van der Waals surface area contributed by atoms with E-state index in [1.165, 1.54) is 13.3 Å². The van der Waals surface area contributed by atoms with Crippen LogP contribution in [0.2, 0.25) is 0 Å². The Morgan fingerprint density at radius 2 is 1.83 bits per heavy atom. The van der Waals surface area contributed by atoms with E-state index in [2.05, 4.69) is 4.98 Å². The number of hydrogen-bond acceptors (Lipinski definition) is 4. The van der Waals surface area contributed by atoms with E-state index in [9.17, 15) is 9.90 Å². The molecule has 4 heteroatoms. The monoisotopic (exact) mass is 243 g/mol. The largest absolute Gasteiger partial charge is 0.466 e. The Morgan fingerprint density at radius 3 is 2.39 bits per heavy atom. The molecule has 2 aromatic rings. The molecule has 92 valence electrons. The number of aromatic nitrogens is 1. The first-order valence-corrected chi connectivity index (χ1v) is 5.46. The average Bonchev–Trinajstić information content (AvgIpc) is 2.47. The summed E-state index contributed by atoms with van der Waals surface area (Å²) in [5, 5.41) is 10.7. The van der Waals surface area contributed by atoms with Gasteiger partial charge in [-0.1, -0.05) is 36.4 Å². The van der Waals surface area contributed by atoms with Crippen molar-refractivity contribution in [2.24, 2.45) is 0 Å². The van der Waals surface area contributed by atoms with Crippen LogP contribution in [-0.2, 0) is 15.1 Å². The fourth-order valence-electron chi connectivity index (χ4n) is 1.81. The maximum atomic E-state index is 11.9. The Kier molecular flexibility index (Phi) is 3.39. The van der Waals surface area contributed by atoms with E-state index < -0.39 is 11.6 Å². The summed E-state index contributed by atoms with van der Waals surface area (Å²) < 4.78 is 4.71. The first kappa shape index (κ1) is 12.3. The van der Waals surface area contributed by atoms with E-state index in [-0.39, 0.29) is 0 Å². The predicted octanol–water partition coefficient (Wildman–Crippen LogP) is 1.49. The standard InChI is InChI=1S/C14H13NO3/c1-18-13(16)14(17,11-6-3-2-4-7-11)12-8-5-9-15-10-12/h2-10,17H,1H3. The highest BCUT2D eigenvalue weighted by molar-refractivity contribution is 5.85. The molecule has 0 fully saturated rings. The number of carbonyl (C=O) groups excluding carboxylic acids is 1. The number of hydrogen-bond donors (Lipinski definition) is 1. The third-order valence-corrected chi connectivity index (χ3v) is 2.75. The maximum absolute atomic E-state index is 11.9. The third kappa shape index (κ3) is 1.98. The molecule has 0 aliphatic heterocycles. The summed E-state index contributed by atoms with van der Waals surface area (Å²) >= 11 is 0. The van der Waals surface area contributed by atoms with Gasteiger partial charge in [0.25, 0.3) is 0 Å². The molecular weight excluding hydrogens is 230 g/mol. The van der Waals surface area contributed by atoms with Gasteiger partial charge in [0, 0.05) is 18.0 Å². The van der Waals surface area contributed by atoms with E-state index in [1.54, 1.807) is 42.6 Å². The number of esters is 1. The van der Waals surface area contributed by atoms with Gasteiger partial charge in [-0.05, 0) is 11.6 Å². The van der Waals surface area contributed by atoms with Gasteiger partial charge in [0.1, 0.15) is 0 Å². The summed E-state index contributed by atoms with van der Waals surface area (Å²) in [5.41, 5.74) is -1.00. The van der Waals surface area contributed by atoms with E-state index in [4.69, 9.17) is 4.74 Å². The minimum Gasteiger partial charge on any atom is -0.466 e. The van der Waals surface area contributed by atoms with Gasteiger partial charge in [0.15, 0.2) is 0 Å². The summed E-state index contributed by atoms with van der Waals surface area (Å²) in [6.07, 6.45) is 3.02. The minimum atomic E-state index is -1.83. The molecular formula is C14H13NO3. The van der Waals surface area contributed by atoms with E-state index in [0.717, 1.165) is 0 Å². The molecule has 2 rings (SSSR count). The summed E-state index contributed by atoms with van der Waals surface area (Å²) in [6.45, 7) is 0. The van der Waals surface area contributed by atoms with Crippen molar-refractivity contribution < 1.29 is 14.6 Å². The van der Waals surface area contributed by atoms with Crippen LogP contribution >= 0.6 is 0 Å². The normalized spacial score (nSPS) is 13.7. The van der Waals surface area contributed by atoms with Crippen molar-refractivity contribution in [2.75, 3.05) is 7.11 Å². The van der Waals surface area contributed by atoms with E-state index in [0.29, 0.717) is 11.1 Å². The highest BCUT2D eigenvalue weighted by atomic mass is 16.5. The van der Waals surface area contributed by atoms with Crippen LogP contribution in [0.5, 0.6) is 0 Å². The Labute approximate surface area is 105 Å². The average molecular weight is 243 g/mol. The molecule has 0 aliphatic carbocycles. The van der Waals surface area contributed by atoms with Crippen LogP contribution in [0.15, 0.2) is 54.9 Å². The van der Waals surface area contributed by atoms with Crippen molar-refractivity contribution in [3.05, 3.63) is 66.0 Å². The van der Waals surface area contributed by atoms with Crippen LogP contribution in [0.4, 0.5) is 0 Å². The van der Waals surface area contributed by atoms with Gasteiger partial charge in [-0.3, -0.25) is 4.98 Å². The molecule has 0 amide bonds. The molecule has 1 unspecified atom stereocenters. The van der Waals surface area contributed by atoms with Crippen LogP contribution in [0.1, 0.15) is 11.1 Å². The van der Waals surface area contributed by atoms with Crippen molar-refractivity contribution in [3.63, 3.8) is 0 Å². The zero-order valence-electron chi connectivity index (χ0n) is 9.91. The van der Waals surface area contributed by atoms with Crippen LogP contribution in [0, 0.1) is 0 Å². The second-order valence-corrected chi connectivity index (χ2v) is 3.81. The highest BCUT2D eigenvalue weighted by Gasteiger charge is 2.41. The van der Waals surface area contributed by atoms with Crippen molar-refractivity contribution in [1.82, 2.24) is 4.98 Å². The lowest BCUT2D eigenvalue weighted by atomic mass is 9.87. The maximum Gasteiger partial charge on any atom is 0.347 e. The zero-order valence-corrected chi connectivity index (χ0v) is 9.91. The molecule has 0 bridgehead atoms. The van der Waals surface area contributed by atoms with Gasteiger partial charge in [-0.15, -0.1) is 0 Å². The molecule has 18 heavy (non-hydrogen) atoms. The minimum absolute atomic E-state index is 0.378. The number of carbonyl (C=O) groups is 1. The molecule has 0 saturated heterocycles. The number of nitrogens with zero attached hydrogens (tertiary/aromatic N) is 1. The number of methoxy groups -OCH3 is 1. The fraction of sp³-hybridized carbons (Fsp3) is 0.143. The fourth-order valence-corrected chi connectivity index (χ4v) is 1.81. The molecule has 4 nitrogen and oxygen atoms in total. The summed E-state index contributed by atoms with van der Waals surface area (Å²) in [6, 6.07) is 11.9. The van der Waals surface area contributed by atoms with Crippen LogP contribution in [-0.4, -0.2) is 23.2 Å². The predicted molar refractivity (Wildman–Crippen MR) is 65.7 cm³/mol. The van der Waals surface area contributed by atoms with Gasteiger partial charge >= 0.3 is 5.97 Å². The molecule has 1 N–H and O–H groups in total. The van der Waals surface area contributed by atoms with Gasteiger partial charge in [0.2, 0.25) is 5.60 Å². The lowest BCUT2D eigenvalue weighted by Gasteiger charge is -2.25. The molecule has 0 spiro atoms. The van der Waals surface area contributed by atoms with Gasteiger partial charge < -0.3 is 9.84 Å². The number of rotatable bonds is 3. The SMILES string of the molecule is COC(=O)C(O)(c1ccccc1)c1cccnc1. The highest BCUT2D eigenvalue weighted by Crippen LogP contribution is 2.30. The second-order valence-electron chi connectivity index (χ2n) is 3.81. The first-order chi connectivity index (χ1) is 8.69. The lowest BCUT2D eigenvalue weighted by molar-refractivity contribution is -0.158. The molecule has 0 radical (unpaired) electrons. The van der Waals surface area contributed by atoms with Gasteiger partial charge in [0.05, 0.1) is 7.11 Å². The van der Waals surface area contributed by atoms with Crippen molar-refractivity contribution >= 4 is 5.97 Å². The number of ether oxygens (including phenoxy) is 1. The number of benzene rings is 1. The quantitative estimate of drug-likeness (QED) is 0.830. The zero-order chi connectivity index (χ0) is 13.0. The molecule has 1 atom stereocenters. The summed E-state index contributed by atoms with van der Waals surface area (Å²) in [4.78, 5) is 15.9. The van der Waals surface area contributed by atoms with Gasteiger partial charge in [-0.25, -0.2) is 4.79 Å². The van der Waals surface area contributed by atoms with Crippen LogP contribution in [0.25, 0.3) is 0 Å². The summed E-state index contributed by atoms with van der Waals surface area (Å²) in [7, 11) is 1.24. The Balaban J connectivity index is 2.59. The van der Waals surface area contributed by atoms with E-state index >= 15 is 0 Å². The molecule has 0 aliphatic rings. The third-order valence-electron chi connectivity index (χ3n) is 2.75. The first-order valence-electron chi connectivity index (χ1n) is 5.46. The molecule has 1 heterocycles. The number of pyridine rings is 1. The van der Waals surface area contributed by atoms with Crippen LogP contribution < -0.4 is 0 Å². The Morgan fingerprint density at radius 1 is 1.17 bits per heavy atom. The molecule has 0 saturated carbocycles. The smallest absolute Gasteiger partial charge is 0.347 e. The topological polar surface area (TPSA) is 59.4 Å². The number of aliphatic hydroxyl groups is 1. The van der Waals surface area contributed by atoms with Crippen molar-refractivity contribution in [2.45, 2.75) is 5.60 Å². The van der Waals surface area contributed by atoms with Crippen molar-refractivity contribution in [3.8, 4) is 0 Å². The van der Waals surface area contributed by atoms with Gasteiger partial charge in [-0.2, -0.15) is 0 Å². The second kappa shape index (κ2) is 4.98.